The first-order chi connectivity index (χ1) is 9.54. The van der Waals surface area contributed by atoms with E-state index in [1.165, 1.54) is 18.2 Å². The zero-order valence-electron chi connectivity index (χ0n) is 10.2. The van der Waals surface area contributed by atoms with Crippen molar-refractivity contribution >= 4 is 26.6 Å². The van der Waals surface area contributed by atoms with Crippen LogP contribution in [0.3, 0.4) is 0 Å². The van der Waals surface area contributed by atoms with Crippen LogP contribution in [0.1, 0.15) is 0 Å². The first-order valence-corrected chi connectivity index (χ1v) is 7.24. The molecule has 0 bridgehead atoms. The molecule has 0 spiro atoms. The van der Waals surface area contributed by atoms with E-state index in [9.17, 15) is 12.8 Å². The molecule has 2 aromatic carbocycles. The van der Waals surface area contributed by atoms with Crippen LogP contribution >= 0.6 is 0 Å². The summed E-state index contributed by atoms with van der Waals surface area (Å²) < 4.78 is 39.8. The van der Waals surface area contributed by atoms with E-state index in [1.807, 2.05) is 0 Å². The van der Waals surface area contributed by atoms with Crippen LogP contribution in [-0.4, -0.2) is 18.6 Å². The normalized spacial score (nSPS) is 11.7. The Labute approximate surface area is 114 Å². The Balaban J connectivity index is 1.96. The molecule has 0 aliphatic heterocycles. The number of nitrogens with one attached hydrogen (secondary N) is 2. The third-order valence-corrected chi connectivity index (χ3v) is 4.18. The van der Waals surface area contributed by atoms with Crippen LogP contribution in [0, 0.1) is 5.82 Å². The molecule has 3 aromatic rings. The maximum absolute atomic E-state index is 13.1. The van der Waals surface area contributed by atoms with E-state index in [2.05, 4.69) is 14.9 Å². The Morgan fingerprint density at radius 3 is 2.80 bits per heavy atom. The van der Waals surface area contributed by atoms with Crippen molar-refractivity contribution in [3.63, 3.8) is 0 Å². The Morgan fingerprint density at radius 2 is 2.00 bits per heavy atom. The van der Waals surface area contributed by atoms with Crippen molar-refractivity contribution in [2.24, 2.45) is 0 Å². The van der Waals surface area contributed by atoms with Gasteiger partial charge in [-0.25, -0.2) is 12.8 Å². The number of hydrogen-bond acceptors (Lipinski definition) is 3. The maximum Gasteiger partial charge on any atom is 0.261 e. The highest BCUT2D eigenvalue weighted by Crippen LogP contribution is 2.20. The van der Waals surface area contributed by atoms with E-state index in [-0.39, 0.29) is 4.90 Å². The third kappa shape index (κ3) is 2.35. The predicted molar refractivity (Wildman–Crippen MR) is 73.3 cm³/mol. The Bertz CT molecular complexity index is 874. The van der Waals surface area contributed by atoms with Gasteiger partial charge in [0.2, 0.25) is 0 Å². The number of anilines is 1. The highest BCUT2D eigenvalue weighted by Gasteiger charge is 2.15. The van der Waals surface area contributed by atoms with Gasteiger partial charge in [0.05, 0.1) is 16.6 Å². The molecule has 0 amide bonds. The number of benzene rings is 2. The van der Waals surface area contributed by atoms with Crippen molar-refractivity contribution < 1.29 is 12.8 Å². The number of aromatic nitrogens is 2. The first kappa shape index (κ1) is 12.6. The minimum atomic E-state index is -3.81. The molecule has 2 N–H and O–H groups in total. The number of halogens is 1. The quantitative estimate of drug-likeness (QED) is 0.778. The Kier molecular flexibility index (Phi) is 2.90. The molecule has 3 rings (SSSR count). The monoisotopic (exact) mass is 291 g/mol. The maximum atomic E-state index is 13.1. The van der Waals surface area contributed by atoms with E-state index in [1.54, 1.807) is 24.4 Å². The fourth-order valence-corrected chi connectivity index (χ4v) is 2.94. The second-order valence-corrected chi connectivity index (χ2v) is 5.92. The summed E-state index contributed by atoms with van der Waals surface area (Å²) in [7, 11) is -3.81. The molecule has 20 heavy (non-hydrogen) atoms. The molecule has 5 nitrogen and oxygen atoms in total. The van der Waals surface area contributed by atoms with Gasteiger partial charge in [-0.05, 0) is 36.4 Å². The van der Waals surface area contributed by atoms with Crippen LogP contribution in [0.5, 0.6) is 0 Å². The van der Waals surface area contributed by atoms with Crippen LogP contribution in [0.4, 0.5) is 10.1 Å². The molecule has 0 radical (unpaired) electrons. The SMILES string of the molecule is O=S(=O)(Nc1ccc2[nH]ncc2c1)c1cccc(F)c1. The topological polar surface area (TPSA) is 74.8 Å². The molecule has 7 heteroatoms. The van der Waals surface area contributed by atoms with Crippen molar-refractivity contribution in [1.29, 1.82) is 0 Å². The van der Waals surface area contributed by atoms with Gasteiger partial charge >= 0.3 is 0 Å². The van der Waals surface area contributed by atoms with Crippen LogP contribution in [0.25, 0.3) is 10.9 Å². The van der Waals surface area contributed by atoms with Crippen molar-refractivity contribution in [2.75, 3.05) is 4.72 Å². The molecule has 0 aliphatic carbocycles. The number of aromatic amines is 1. The number of H-pyrrole nitrogens is 1. The van der Waals surface area contributed by atoms with E-state index < -0.39 is 15.8 Å². The molecular weight excluding hydrogens is 281 g/mol. The molecule has 1 heterocycles. The Hall–Kier alpha value is -2.41. The summed E-state index contributed by atoms with van der Waals surface area (Å²) in [4.78, 5) is -0.121. The number of nitrogens with zero attached hydrogens (tertiary/aromatic N) is 1. The van der Waals surface area contributed by atoms with Gasteiger partial charge < -0.3 is 0 Å². The van der Waals surface area contributed by atoms with Gasteiger partial charge in [-0.1, -0.05) is 6.07 Å². The molecule has 102 valence electrons. The van der Waals surface area contributed by atoms with E-state index in [0.717, 1.165) is 17.0 Å². The van der Waals surface area contributed by atoms with Crippen molar-refractivity contribution in [1.82, 2.24) is 10.2 Å². The minimum absolute atomic E-state index is 0.121. The van der Waals surface area contributed by atoms with Gasteiger partial charge in [-0.2, -0.15) is 5.10 Å². The lowest BCUT2D eigenvalue weighted by Gasteiger charge is -2.08. The van der Waals surface area contributed by atoms with E-state index >= 15 is 0 Å². The van der Waals surface area contributed by atoms with E-state index in [4.69, 9.17) is 0 Å². The summed E-state index contributed by atoms with van der Waals surface area (Å²) in [5, 5.41) is 7.41. The average Bonchev–Trinajstić information content (AvgIpc) is 2.85. The summed E-state index contributed by atoms with van der Waals surface area (Å²) in [5.74, 6) is -0.599. The standard InChI is InChI=1S/C13H10FN3O2S/c14-10-2-1-3-12(7-10)20(18,19)17-11-4-5-13-9(6-11)8-15-16-13/h1-8,17H,(H,15,16). The summed E-state index contributed by atoms with van der Waals surface area (Å²) >= 11 is 0. The zero-order chi connectivity index (χ0) is 14.2. The van der Waals surface area contributed by atoms with Crippen LogP contribution < -0.4 is 4.72 Å². The number of rotatable bonds is 3. The van der Waals surface area contributed by atoms with Gasteiger partial charge in [-0.3, -0.25) is 9.82 Å². The van der Waals surface area contributed by atoms with Gasteiger partial charge in [0.15, 0.2) is 0 Å². The van der Waals surface area contributed by atoms with Crippen LogP contribution in [0.2, 0.25) is 0 Å². The van der Waals surface area contributed by atoms with Gasteiger partial charge in [0.25, 0.3) is 10.0 Å². The molecular formula is C13H10FN3O2S. The molecule has 0 aliphatic rings. The lowest BCUT2D eigenvalue weighted by Crippen LogP contribution is -2.13. The fraction of sp³-hybridized carbons (Fsp3) is 0. The number of hydrogen-bond donors (Lipinski definition) is 2. The lowest BCUT2D eigenvalue weighted by atomic mass is 10.2. The van der Waals surface area contributed by atoms with Gasteiger partial charge in [-0.15, -0.1) is 0 Å². The summed E-state index contributed by atoms with van der Waals surface area (Å²) in [6.07, 6.45) is 1.59. The average molecular weight is 291 g/mol. The first-order valence-electron chi connectivity index (χ1n) is 5.76. The highest BCUT2D eigenvalue weighted by atomic mass is 32.2. The molecule has 0 atom stereocenters. The molecule has 0 unspecified atom stereocenters. The smallest absolute Gasteiger partial charge is 0.261 e. The molecule has 0 saturated carbocycles. The zero-order valence-corrected chi connectivity index (χ0v) is 11.0. The Morgan fingerprint density at radius 1 is 1.15 bits per heavy atom. The second-order valence-electron chi connectivity index (χ2n) is 4.23. The van der Waals surface area contributed by atoms with Crippen LogP contribution in [-0.2, 0) is 10.0 Å². The predicted octanol–water partition coefficient (Wildman–Crippen LogP) is 2.50. The minimum Gasteiger partial charge on any atom is -0.280 e. The van der Waals surface area contributed by atoms with Crippen LogP contribution in [0.15, 0.2) is 53.6 Å². The van der Waals surface area contributed by atoms with Crippen molar-refractivity contribution in [3.8, 4) is 0 Å². The van der Waals surface area contributed by atoms with Crippen molar-refractivity contribution in [2.45, 2.75) is 4.90 Å². The second kappa shape index (κ2) is 4.61. The summed E-state index contributed by atoms with van der Waals surface area (Å²) in [6, 6.07) is 9.82. The highest BCUT2D eigenvalue weighted by molar-refractivity contribution is 7.92. The van der Waals surface area contributed by atoms with Crippen molar-refractivity contribution in [3.05, 3.63) is 54.5 Å². The molecule has 0 fully saturated rings. The lowest BCUT2D eigenvalue weighted by molar-refractivity contribution is 0.595. The fourth-order valence-electron chi connectivity index (χ4n) is 1.85. The van der Waals surface area contributed by atoms with E-state index in [0.29, 0.717) is 5.69 Å². The molecule has 1 aromatic heterocycles. The third-order valence-electron chi connectivity index (χ3n) is 2.80. The van der Waals surface area contributed by atoms with Gasteiger partial charge in [0, 0.05) is 11.1 Å². The summed E-state index contributed by atoms with van der Waals surface area (Å²) in [6.45, 7) is 0. The molecule has 0 saturated heterocycles. The number of fused-ring (bicyclic) bond motifs is 1. The number of sulfonamides is 1. The largest absolute Gasteiger partial charge is 0.280 e. The van der Waals surface area contributed by atoms with Gasteiger partial charge in [0.1, 0.15) is 5.82 Å². The summed E-state index contributed by atoms with van der Waals surface area (Å²) in [5.41, 5.74) is 1.20.